The first kappa shape index (κ1) is 41.5. The molecule has 43 heavy (non-hydrogen) atoms. The molecule has 0 aliphatic carbocycles. The Kier molecular flexibility index (Phi) is 19.6. The van der Waals surface area contributed by atoms with Crippen LogP contribution in [0.3, 0.4) is 0 Å². The summed E-state index contributed by atoms with van der Waals surface area (Å²) in [6, 6.07) is 0. The minimum absolute atomic E-state index is 0.0565. The lowest BCUT2D eigenvalue weighted by atomic mass is 9.92. The van der Waals surface area contributed by atoms with E-state index >= 15 is 0 Å². The Labute approximate surface area is 243 Å². The summed E-state index contributed by atoms with van der Waals surface area (Å²) in [6.07, 6.45) is -10.5. The number of esters is 6. The largest absolute Gasteiger partial charge is 0.490 e. The molecule has 0 rings (SSSR count). The zero-order valence-corrected chi connectivity index (χ0v) is 24.3. The van der Waals surface area contributed by atoms with Crippen LogP contribution in [-0.4, -0.2) is 87.8 Å². The van der Waals surface area contributed by atoms with Crippen LogP contribution in [0, 0.1) is 11.3 Å². The van der Waals surface area contributed by atoms with Crippen molar-refractivity contribution >= 4 is 35.8 Å². The molecule has 0 aromatic carbocycles. The second-order valence-corrected chi connectivity index (χ2v) is 8.85. The topological polar surface area (TPSA) is 158 Å². The van der Waals surface area contributed by atoms with Gasteiger partial charge in [-0.05, 0) is 0 Å². The van der Waals surface area contributed by atoms with Crippen LogP contribution in [0.1, 0.15) is 60.3 Å². The van der Waals surface area contributed by atoms with Gasteiger partial charge in [0.2, 0.25) is 0 Å². The van der Waals surface area contributed by atoms with Gasteiger partial charge in [-0.2, -0.15) is 26.3 Å². The maximum Gasteiger partial charge on any atom is 0.490 e. The van der Waals surface area contributed by atoms with Gasteiger partial charge in [-0.3, -0.25) is 19.2 Å². The molecule has 0 amide bonds. The molecule has 0 saturated carbocycles. The molecule has 0 bridgehead atoms. The third-order valence-corrected chi connectivity index (χ3v) is 4.77. The lowest BCUT2D eigenvalue weighted by Crippen LogP contribution is -2.45. The standard InChI is InChI=1S/C15H18F6O8.C10H18O4/c1-3-9(22)26-5-13(6-27-10(23)4-2,7-28-11(24)14(16,17)18)8-29-12(25)15(19,20)21;1-4-9(11)13-6-8(3)7-14-10(12)5-2/h3-8H2,1-2H3;8H,4-7H2,1-3H3. The summed E-state index contributed by atoms with van der Waals surface area (Å²) in [4.78, 5) is 66.1. The highest BCUT2D eigenvalue weighted by atomic mass is 19.4. The molecule has 0 unspecified atom stereocenters. The first-order valence-corrected chi connectivity index (χ1v) is 12.9. The lowest BCUT2D eigenvalue weighted by Gasteiger charge is -2.31. The number of alkyl halides is 6. The Morgan fingerprint density at radius 3 is 1.00 bits per heavy atom. The highest BCUT2D eigenvalue weighted by molar-refractivity contribution is 5.76. The van der Waals surface area contributed by atoms with E-state index in [-0.39, 0.29) is 30.7 Å². The normalized spacial score (nSPS) is 11.4. The number of carbonyl (C=O) groups is 6. The Hall–Kier alpha value is -3.60. The average molecular weight is 643 g/mol. The van der Waals surface area contributed by atoms with E-state index in [1.54, 1.807) is 13.8 Å². The highest BCUT2D eigenvalue weighted by Gasteiger charge is 2.46. The van der Waals surface area contributed by atoms with Crippen LogP contribution in [0.25, 0.3) is 0 Å². The van der Waals surface area contributed by atoms with Crippen molar-refractivity contribution in [3.8, 4) is 0 Å². The summed E-state index contributed by atoms with van der Waals surface area (Å²) in [6.45, 7) is 4.06. The lowest BCUT2D eigenvalue weighted by molar-refractivity contribution is -0.214. The number of hydrogen-bond donors (Lipinski definition) is 0. The summed E-state index contributed by atoms with van der Waals surface area (Å²) in [5.41, 5.74) is -2.21. The van der Waals surface area contributed by atoms with Crippen molar-refractivity contribution in [1.82, 2.24) is 0 Å². The van der Waals surface area contributed by atoms with Gasteiger partial charge in [0.05, 0.1) is 13.2 Å². The predicted molar refractivity (Wildman–Crippen MR) is 131 cm³/mol. The molecular formula is C25H36F6O12. The summed E-state index contributed by atoms with van der Waals surface area (Å²) in [7, 11) is 0. The highest BCUT2D eigenvalue weighted by Crippen LogP contribution is 2.26. The minimum Gasteiger partial charge on any atom is -0.465 e. The molecule has 0 fully saturated rings. The summed E-state index contributed by atoms with van der Waals surface area (Å²) in [5.74, 6) is -7.63. The van der Waals surface area contributed by atoms with Crippen molar-refractivity contribution in [3.05, 3.63) is 0 Å². The molecular weight excluding hydrogens is 606 g/mol. The molecule has 18 heteroatoms. The van der Waals surface area contributed by atoms with Gasteiger partial charge in [0.1, 0.15) is 31.8 Å². The van der Waals surface area contributed by atoms with E-state index in [1.165, 1.54) is 13.8 Å². The molecule has 0 radical (unpaired) electrons. The summed E-state index contributed by atoms with van der Waals surface area (Å²) in [5, 5.41) is 0. The van der Waals surface area contributed by atoms with Crippen molar-refractivity contribution in [2.45, 2.75) is 72.7 Å². The van der Waals surface area contributed by atoms with Gasteiger partial charge >= 0.3 is 48.2 Å². The molecule has 0 aromatic heterocycles. The van der Waals surface area contributed by atoms with Crippen LogP contribution < -0.4 is 0 Å². The van der Waals surface area contributed by atoms with Crippen molar-refractivity contribution in [1.29, 1.82) is 0 Å². The van der Waals surface area contributed by atoms with Gasteiger partial charge in [0, 0.05) is 31.6 Å². The first-order chi connectivity index (χ1) is 19.8. The molecule has 0 aromatic rings. The Morgan fingerprint density at radius 2 is 0.744 bits per heavy atom. The van der Waals surface area contributed by atoms with E-state index in [0.29, 0.717) is 26.1 Å². The van der Waals surface area contributed by atoms with E-state index in [0.717, 1.165) is 0 Å². The predicted octanol–water partition coefficient (Wildman–Crippen LogP) is 3.62. The van der Waals surface area contributed by atoms with E-state index in [2.05, 4.69) is 18.9 Å². The molecule has 12 nitrogen and oxygen atoms in total. The Balaban J connectivity index is 0. The van der Waals surface area contributed by atoms with Gasteiger partial charge in [0.25, 0.3) is 0 Å². The quantitative estimate of drug-likeness (QED) is 0.137. The molecule has 250 valence electrons. The van der Waals surface area contributed by atoms with Gasteiger partial charge in [-0.1, -0.05) is 34.6 Å². The third kappa shape index (κ3) is 20.0. The minimum atomic E-state index is -5.44. The van der Waals surface area contributed by atoms with Crippen LogP contribution in [-0.2, 0) is 57.2 Å². The van der Waals surface area contributed by atoms with Gasteiger partial charge in [-0.25, -0.2) is 9.59 Å². The SMILES string of the molecule is CCC(=O)OCC(C)COC(=O)CC.CCC(=O)OCC(COC(=O)CC)(COC(=O)C(F)(F)F)COC(=O)C(F)(F)F. The molecule has 0 N–H and O–H groups in total. The van der Waals surface area contributed by atoms with Crippen molar-refractivity contribution in [2.24, 2.45) is 11.3 Å². The number of carbonyl (C=O) groups excluding carboxylic acids is 6. The third-order valence-electron chi connectivity index (χ3n) is 4.77. The molecule has 0 saturated heterocycles. The van der Waals surface area contributed by atoms with Gasteiger partial charge in [0.15, 0.2) is 0 Å². The number of halogens is 6. The zero-order chi connectivity index (χ0) is 33.9. The molecule has 0 spiro atoms. The number of hydrogen-bond acceptors (Lipinski definition) is 12. The van der Waals surface area contributed by atoms with E-state index < -0.39 is 68.1 Å². The van der Waals surface area contributed by atoms with E-state index in [9.17, 15) is 55.1 Å². The van der Waals surface area contributed by atoms with Crippen molar-refractivity contribution in [3.63, 3.8) is 0 Å². The zero-order valence-electron chi connectivity index (χ0n) is 24.3. The van der Waals surface area contributed by atoms with Crippen LogP contribution in [0.4, 0.5) is 26.3 Å². The monoisotopic (exact) mass is 642 g/mol. The average Bonchev–Trinajstić information content (AvgIpc) is 2.96. The number of rotatable bonds is 16. The Bertz CT molecular complexity index is 845. The number of ether oxygens (including phenoxy) is 6. The van der Waals surface area contributed by atoms with Gasteiger partial charge < -0.3 is 28.4 Å². The van der Waals surface area contributed by atoms with E-state index in [4.69, 9.17) is 9.47 Å². The second kappa shape index (κ2) is 20.3. The maximum absolute atomic E-state index is 12.4. The van der Waals surface area contributed by atoms with E-state index in [1.807, 2.05) is 6.92 Å². The molecule has 0 atom stereocenters. The first-order valence-electron chi connectivity index (χ1n) is 12.9. The fourth-order valence-corrected chi connectivity index (χ4v) is 2.24. The van der Waals surface area contributed by atoms with Crippen LogP contribution in [0.15, 0.2) is 0 Å². The van der Waals surface area contributed by atoms with Crippen molar-refractivity contribution < 1.29 is 83.5 Å². The van der Waals surface area contributed by atoms with Gasteiger partial charge in [-0.15, -0.1) is 0 Å². The molecule has 0 aliphatic heterocycles. The van der Waals surface area contributed by atoms with Crippen molar-refractivity contribution in [2.75, 3.05) is 39.6 Å². The second-order valence-electron chi connectivity index (χ2n) is 8.85. The Morgan fingerprint density at radius 1 is 0.488 bits per heavy atom. The van der Waals surface area contributed by atoms with Crippen LogP contribution in [0.5, 0.6) is 0 Å². The fourth-order valence-electron chi connectivity index (χ4n) is 2.24. The fraction of sp³-hybridized carbons (Fsp3) is 0.760. The maximum atomic E-state index is 12.4. The summed E-state index contributed by atoms with van der Waals surface area (Å²) >= 11 is 0. The molecule has 0 aliphatic rings. The summed E-state index contributed by atoms with van der Waals surface area (Å²) < 4.78 is 101. The van der Waals surface area contributed by atoms with Crippen LogP contribution >= 0.6 is 0 Å². The molecule has 0 heterocycles. The smallest absolute Gasteiger partial charge is 0.465 e. The van der Waals surface area contributed by atoms with Crippen LogP contribution in [0.2, 0.25) is 0 Å².